The van der Waals surface area contributed by atoms with Gasteiger partial charge in [-0.2, -0.15) is 4.98 Å². The zero-order valence-corrected chi connectivity index (χ0v) is 13.4. The number of aryl methyl sites for hydroxylation is 1. The van der Waals surface area contributed by atoms with Crippen molar-refractivity contribution in [1.82, 2.24) is 20.4 Å². The largest absolute Gasteiger partial charge is 0.340 e. The SMILES string of the molecule is Cc1nc(CN(C)C(=O)C2CC3CCCCC3N2)no1.Cl. The summed E-state index contributed by atoms with van der Waals surface area (Å²) in [6.07, 6.45) is 6.03. The van der Waals surface area contributed by atoms with Crippen LogP contribution in [0.5, 0.6) is 0 Å². The van der Waals surface area contributed by atoms with Crippen LogP contribution in [0.4, 0.5) is 0 Å². The van der Waals surface area contributed by atoms with Crippen LogP contribution in [-0.4, -0.2) is 40.1 Å². The minimum atomic E-state index is -0.0407. The van der Waals surface area contributed by atoms with Crippen LogP contribution in [0.1, 0.15) is 43.8 Å². The summed E-state index contributed by atoms with van der Waals surface area (Å²) >= 11 is 0. The first-order valence-corrected chi connectivity index (χ1v) is 7.43. The van der Waals surface area contributed by atoms with Crippen molar-refractivity contribution >= 4 is 18.3 Å². The van der Waals surface area contributed by atoms with Gasteiger partial charge in [0.25, 0.3) is 0 Å². The number of carbonyl (C=O) groups is 1. The number of carbonyl (C=O) groups excluding carboxylic acids is 1. The molecule has 1 aromatic heterocycles. The van der Waals surface area contributed by atoms with Crippen LogP contribution < -0.4 is 5.32 Å². The summed E-state index contributed by atoms with van der Waals surface area (Å²) in [5.41, 5.74) is 0. The molecule has 2 heterocycles. The molecule has 3 rings (SSSR count). The monoisotopic (exact) mass is 314 g/mol. The lowest BCUT2D eigenvalue weighted by Gasteiger charge is -2.24. The van der Waals surface area contributed by atoms with Crippen molar-refractivity contribution in [1.29, 1.82) is 0 Å². The summed E-state index contributed by atoms with van der Waals surface area (Å²) in [5, 5.41) is 7.35. The molecule has 0 spiro atoms. The molecule has 3 atom stereocenters. The van der Waals surface area contributed by atoms with Gasteiger partial charge in [0, 0.05) is 20.0 Å². The fraction of sp³-hybridized carbons (Fsp3) is 0.786. The summed E-state index contributed by atoms with van der Waals surface area (Å²) in [6, 6.07) is 0.500. The lowest BCUT2D eigenvalue weighted by Crippen LogP contribution is -2.43. The van der Waals surface area contributed by atoms with Crippen molar-refractivity contribution in [3.05, 3.63) is 11.7 Å². The highest BCUT2D eigenvalue weighted by molar-refractivity contribution is 5.85. The van der Waals surface area contributed by atoms with Crippen LogP contribution in [0, 0.1) is 12.8 Å². The van der Waals surface area contributed by atoms with Crippen LogP contribution >= 0.6 is 12.4 Å². The van der Waals surface area contributed by atoms with Crippen LogP contribution in [0.25, 0.3) is 0 Å². The predicted octanol–water partition coefficient (Wildman–Crippen LogP) is 1.68. The molecule has 1 aliphatic carbocycles. The molecule has 2 aliphatic rings. The van der Waals surface area contributed by atoms with Crippen molar-refractivity contribution < 1.29 is 9.32 Å². The van der Waals surface area contributed by atoms with E-state index in [1.165, 1.54) is 25.7 Å². The third-order valence-electron chi connectivity index (χ3n) is 4.49. The Balaban J connectivity index is 0.00000161. The zero-order valence-electron chi connectivity index (χ0n) is 12.5. The Morgan fingerprint density at radius 1 is 1.43 bits per heavy atom. The molecular weight excluding hydrogens is 292 g/mol. The Kier molecular flexibility index (Phi) is 5.22. The smallest absolute Gasteiger partial charge is 0.239 e. The van der Waals surface area contributed by atoms with E-state index >= 15 is 0 Å². The van der Waals surface area contributed by atoms with E-state index < -0.39 is 0 Å². The van der Waals surface area contributed by atoms with Crippen molar-refractivity contribution in [3.63, 3.8) is 0 Å². The van der Waals surface area contributed by atoms with Gasteiger partial charge >= 0.3 is 0 Å². The van der Waals surface area contributed by atoms with Crippen LogP contribution in [0.3, 0.4) is 0 Å². The topological polar surface area (TPSA) is 71.3 Å². The van der Waals surface area contributed by atoms with E-state index in [2.05, 4.69) is 15.5 Å². The molecule has 1 aliphatic heterocycles. The van der Waals surface area contributed by atoms with E-state index in [-0.39, 0.29) is 24.4 Å². The van der Waals surface area contributed by atoms with Gasteiger partial charge in [-0.05, 0) is 25.2 Å². The average Bonchev–Trinajstić information content (AvgIpc) is 3.03. The van der Waals surface area contributed by atoms with Gasteiger partial charge in [0.1, 0.15) is 0 Å². The lowest BCUT2D eigenvalue weighted by atomic mass is 9.85. The summed E-state index contributed by atoms with van der Waals surface area (Å²) in [7, 11) is 1.80. The van der Waals surface area contributed by atoms with Crippen molar-refractivity contribution in [2.75, 3.05) is 7.05 Å². The number of nitrogens with zero attached hydrogens (tertiary/aromatic N) is 3. The van der Waals surface area contributed by atoms with Gasteiger partial charge in [-0.25, -0.2) is 0 Å². The summed E-state index contributed by atoms with van der Waals surface area (Å²) in [5.74, 6) is 1.92. The highest BCUT2D eigenvalue weighted by Gasteiger charge is 2.39. The van der Waals surface area contributed by atoms with E-state index in [9.17, 15) is 4.79 Å². The summed E-state index contributed by atoms with van der Waals surface area (Å²) in [6.45, 7) is 2.16. The molecule has 0 aromatic carbocycles. The van der Waals surface area contributed by atoms with Gasteiger partial charge in [0.05, 0.1) is 12.6 Å². The average molecular weight is 315 g/mol. The van der Waals surface area contributed by atoms with E-state index in [0.717, 1.165) is 6.42 Å². The molecule has 7 heteroatoms. The van der Waals surface area contributed by atoms with E-state index in [1.807, 2.05) is 0 Å². The number of nitrogens with one attached hydrogen (secondary N) is 1. The molecule has 1 N–H and O–H groups in total. The number of hydrogen-bond acceptors (Lipinski definition) is 5. The number of halogens is 1. The molecule has 0 radical (unpaired) electrons. The first-order valence-electron chi connectivity index (χ1n) is 7.43. The molecule has 21 heavy (non-hydrogen) atoms. The maximum absolute atomic E-state index is 12.5. The molecule has 1 aromatic rings. The summed E-state index contributed by atoms with van der Waals surface area (Å²) in [4.78, 5) is 18.3. The minimum Gasteiger partial charge on any atom is -0.340 e. The van der Waals surface area contributed by atoms with E-state index in [1.54, 1.807) is 18.9 Å². The molecule has 0 bridgehead atoms. The van der Waals surface area contributed by atoms with Crippen LogP contribution in [0.15, 0.2) is 4.52 Å². The highest BCUT2D eigenvalue weighted by Crippen LogP contribution is 2.33. The van der Waals surface area contributed by atoms with Crippen LogP contribution in [-0.2, 0) is 11.3 Å². The third-order valence-corrected chi connectivity index (χ3v) is 4.49. The van der Waals surface area contributed by atoms with E-state index in [0.29, 0.717) is 30.2 Å². The second-order valence-corrected chi connectivity index (χ2v) is 6.03. The van der Waals surface area contributed by atoms with Gasteiger partial charge in [0.2, 0.25) is 11.8 Å². The second kappa shape index (κ2) is 6.75. The molecule has 2 fully saturated rings. The Morgan fingerprint density at radius 2 is 2.19 bits per heavy atom. The summed E-state index contributed by atoms with van der Waals surface area (Å²) < 4.78 is 4.93. The molecule has 1 saturated heterocycles. The Labute approximate surface area is 131 Å². The van der Waals surface area contributed by atoms with Gasteiger partial charge in [-0.1, -0.05) is 18.0 Å². The Morgan fingerprint density at radius 3 is 2.86 bits per heavy atom. The Bertz CT molecular complexity index is 479. The number of hydrogen-bond donors (Lipinski definition) is 1. The quantitative estimate of drug-likeness (QED) is 0.919. The maximum Gasteiger partial charge on any atom is 0.239 e. The second-order valence-electron chi connectivity index (χ2n) is 6.03. The number of rotatable bonds is 3. The van der Waals surface area contributed by atoms with Crippen molar-refractivity contribution in [3.8, 4) is 0 Å². The van der Waals surface area contributed by atoms with E-state index in [4.69, 9.17) is 4.52 Å². The third kappa shape index (κ3) is 3.55. The zero-order chi connectivity index (χ0) is 14.1. The number of amides is 1. The first-order chi connectivity index (χ1) is 9.63. The number of likely N-dealkylation sites (N-methyl/N-ethyl adjacent to an activating group) is 1. The van der Waals surface area contributed by atoms with Crippen LogP contribution in [0.2, 0.25) is 0 Å². The predicted molar refractivity (Wildman–Crippen MR) is 80.0 cm³/mol. The van der Waals surface area contributed by atoms with Crippen molar-refractivity contribution in [2.45, 2.75) is 57.7 Å². The molecule has 1 amide bonds. The number of fused-ring (bicyclic) bond motifs is 1. The normalized spacial score (nSPS) is 27.8. The first kappa shape index (κ1) is 16.2. The lowest BCUT2D eigenvalue weighted by molar-refractivity contribution is -0.132. The molecule has 1 saturated carbocycles. The van der Waals surface area contributed by atoms with Crippen molar-refractivity contribution in [2.24, 2.45) is 5.92 Å². The highest BCUT2D eigenvalue weighted by atomic mass is 35.5. The molecule has 3 unspecified atom stereocenters. The fourth-order valence-corrected chi connectivity index (χ4v) is 3.47. The number of aromatic nitrogens is 2. The molecular formula is C14H23ClN4O2. The van der Waals surface area contributed by atoms with Gasteiger partial charge in [0.15, 0.2) is 5.82 Å². The maximum atomic E-state index is 12.5. The van der Waals surface area contributed by atoms with Gasteiger partial charge in [-0.3, -0.25) is 4.79 Å². The fourth-order valence-electron chi connectivity index (χ4n) is 3.47. The van der Waals surface area contributed by atoms with Gasteiger partial charge < -0.3 is 14.7 Å². The standard InChI is InChI=1S/C14H22N4O2.ClH/c1-9-15-13(17-20-9)8-18(2)14(19)12-7-10-5-3-4-6-11(10)16-12;/h10-12,16H,3-8H2,1-2H3;1H. The molecule has 118 valence electrons. The van der Waals surface area contributed by atoms with Gasteiger partial charge in [-0.15, -0.1) is 12.4 Å². The minimum absolute atomic E-state index is 0. The molecule has 6 nitrogen and oxygen atoms in total. The Hall–Kier alpha value is -1.14.